The first-order valence-corrected chi connectivity index (χ1v) is 8.49. The van der Waals surface area contributed by atoms with Crippen LogP contribution in [0.1, 0.15) is 47.1 Å². The molecule has 0 radical (unpaired) electrons. The molecule has 0 spiro atoms. The Bertz CT molecular complexity index is 647. The monoisotopic (exact) mass is 364 g/mol. The number of nitrogens with two attached hydrogens (primary N) is 1. The number of imide groups is 1. The fourth-order valence-corrected chi connectivity index (χ4v) is 2.19. The SMILES string of the molecule is CC(C)[C@@H](OC(=O)[C@@H](C)Oc1ccc(C(C)(C)C)cc1)C(=O)NC(N)=O. The third kappa shape index (κ3) is 6.38. The molecule has 3 amide bonds. The Morgan fingerprint density at radius 3 is 2.00 bits per heavy atom. The Morgan fingerprint density at radius 2 is 1.58 bits per heavy atom. The van der Waals surface area contributed by atoms with Crippen molar-refractivity contribution in [2.75, 3.05) is 0 Å². The molecule has 0 saturated heterocycles. The van der Waals surface area contributed by atoms with Gasteiger partial charge in [0.25, 0.3) is 5.91 Å². The van der Waals surface area contributed by atoms with E-state index >= 15 is 0 Å². The molecule has 0 aliphatic carbocycles. The molecule has 2 atom stereocenters. The van der Waals surface area contributed by atoms with Crippen LogP contribution in [0.4, 0.5) is 4.79 Å². The zero-order valence-corrected chi connectivity index (χ0v) is 16.2. The number of hydrogen-bond donors (Lipinski definition) is 2. The number of nitrogens with one attached hydrogen (secondary N) is 1. The molecule has 0 aliphatic rings. The number of urea groups is 1. The van der Waals surface area contributed by atoms with E-state index in [2.05, 4.69) is 20.8 Å². The minimum absolute atomic E-state index is 0.0152. The standard InChI is InChI=1S/C19H28N2O5/c1-11(2)15(16(22)21-18(20)24)26-17(23)12(3)25-14-9-7-13(8-10-14)19(4,5)6/h7-12,15H,1-6H3,(H3,20,21,22,24)/t12-,15-/m1/s1. The Labute approximate surface area is 154 Å². The summed E-state index contributed by atoms with van der Waals surface area (Å²) in [4.78, 5) is 35.0. The van der Waals surface area contributed by atoms with Crippen molar-refractivity contribution >= 4 is 17.9 Å². The van der Waals surface area contributed by atoms with E-state index in [0.717, 1.165) is 5.56 Å². The van der Waals surface area contributed by atoms with Crippen LogP contribution in [-0.4, -0.2) is 30.1 Å². The average molecular weight is 364 g/mol. The third-order valence-corrected chi connectivity index (χ3v) is 3.72. The maximum absolute atomic E-state index is 12.2. The molecule has 0 saturated carbocycles. The summed E-state index contributed by atoms with van der Waals surface area (Å²) in [5.41, 5.74) is 6.09. The lowest BCUT2D eigenvalue weighted by Crippen LogP contribution is -2.46. The molecule has 0 heterocycles. The lowest BCUT2D eigenvalue weighted by atomic mass is 9.87. The molecular weight excluding hydrogens is 336 g/mol. The highest BCUT2D eigenvalue weighted by Crippen LogP contribution is 2.24. The van der Waals surface area contributed by atoms with Gasteiger partial charge in [0.05, 0.1) is 0 Å². The van der Waals surface area contributed by atoms with Crippen molar-refractivity contribution in [2.24, 2.45) is 11.7 Å². The van der Waals surface area contributed by atoms with Gasteiger partial charge < -0.3 is 15.2 Å². The minimum Gasteiger partial charge on any atom is -0.479 e. The van der Waals surface area contributed by atoms with E-state index in [-0.39, 0.29) is 11.3 Å². The largest absolute Gasteiger partial charge is 0.479 e. The zero-order valence-electron chi connectivity index (χ0n) is 16.2. The van der Waals surface area contributed by atoms with Crippen LogP contribution in [0.3, 0.4) is 0 Å². The Balaban J connectivity index is 2.73. The molecule has 1 rings (SSSR count). The van der Waals surface area contributed by atoms with Gasteiger partial charge in [0.1, 0.15) is 5.75 Å². The maximum atomic E-state index is 12.2. The number of carbonyl (C=O) groups excluding carboxylic acids is 3. The van der Waals surface area contributed by atoms with Crippen LogP contribution in [-0.2, 0) is 19.7 Å². The van der Waals surface area contributed by atoms with Gasteiger partial charge >= 0.3 is 12.0 Å². The van der Waals surface area contributed by atoms with Crippen LogP contribution < -0.4 is 15.8 Å². The lowest BCUT2D eigenvalue weighted by Gasteiger charge is -2.23. The maximum Gasteiger partial charge on any atom is 0.347 e. The van der Waals surface area contributed by atoms with Crippen molar-refractivity contribution in [3.8, 4) is 5.75 Å². The van der Waals surface area contributed by atoms with E-state index in [0.29, 0.717) is 5.75 Å². The van der Waals surface area contributed by atoms with Crippen LogP contribution >= 0.6 is 0 Å². The first-order valence-electron chi connectivity index (χ1n) is 8.49. The molecule has 7 heteroatoms. The van der Waals surface area contributed by atoms with Crippen molar-refractivity contribution in [2.45, 2.75) is 59.2 Å². The fourth-order valence-electron chi connectivity index (χ4n) is 2.19. The lowest BCUT2D eigenvalue weighted by molar-refractivity contribution is -0.164. The molecule has 7 nitrogen and oxygen atoms in total. The van der Waals surface area contributed by atoms with E-state index in [1.165, 1.54) is 6.92 Å². The number of benzene rings is 1. The molecule has 0 fully saturated rings. The second-order valence-corrected chi connectivity index (χ2v) is 7.49. The second kappa shape index (κ2) is 8.69. The number of rotatable bonds is 6. The van der Waals surface area contributed by atoms with Crippen molar-refractivity contribution in [1.29, 1.82) is 0 Å². The van der Waals surface area contributed by atoms with E-state index in [1.54, 1.807) is 26.0 Å². The van der Waals surface area contributed by atoms with E-state index in [4.69, 9.17) is 15.2 Å². The second-order valence-electron chi connectivity index (χ2n) is 7.49. The van der Waals surface area contributed by atoms with Crippen LogP contribution in [0, 0.1) is 5.92 Å². The summed E-state index contributed by atoms with van der Waals surface area (Å²) < 4.78 is 10.8. The Hall–Kier alpha value is -2.57. The number of primary amides is 1. The first-order chi connectivity index (χ1) is 11.9. The van der Waals surface area contributed by atoms with Gasteiger partial charge in [-0.05, 0) is 36.0 Å². The summed E-state index contributed by atoms with van der Waals surface area (Å²) in [6, 6.07) is 6.43. The van der Waals surface area contributed by atoms with Gasteiger partial charge in [-0.1, -0.05) is 46.8 Å². The van der Waals surface area contributed by atoms with Crippen molar-refractivity contribution in [3.63, 3.8) is 0 Å². The van der Waals surface area contributed by atoms with E-state index in [1.807, 2.05) is 17.4 Å². The van der Waals surface area contributed by atoms with Crippen LogP contribution in [0.2, 0.25) is 0 Å². The molecule has 1 aromatic carbocycles. The van der Waals surface area contributed by atoms with Crippen LogP contribution in [0.5, 0.6) is 5.75 Å². The summed E-state index contributed by atoms with van der Waals surface area (Å²) in [5, 5.41) is 1.92. The van der Waals surface area contributed by atoms with Gasteiger partial charge in [0.2, 0.25) is 0 Å². The first kappa shape index (κ1) is 21.5. The van der Waals surface area contributed by atoms with Crippen molar-refractivity contribution in [3.05, 3.63) is 29.8 Å². The highest BCUT2D eigenvalue weighted by Gasteiger charge is 2.30. The summed E-state index contributed by atoms with van der Waals surface area (Å²) in [5.74, 6) is -1.28. The normalized spacial score (nSPS) is 13.7. The average Bonchev–Trinajstić information content (AvgIpc) is 2.50. The molecule has 0 aliphatic heterocycles. The summed E-state index contributed by atoms with van der Waals surface area (Å²) in [6.07, 6.45) is -2.05. The van der Waals surface area contributed by atoms with E-state index in [9.17, 15) is 14.4 Å². The molecule has 1 aromatic rings. The molecule has 3 N–H and O–H groups in total. The van der Waals surface area contributed by atoms with Crippen LogP contribution in [0.15, 0.2) is 24.3 Å². The van der Waals surface area contributed by atoms with Gasteiger partial charge in [0, 0.05) is 0 Å². The summed E-state index contributed by atoms with van der Waals surface area (Å²) in [7, 11) is 0. The number of amides is 3. The van der Waals surface area contributed by atoms with Gasteiger partial charge in [-0.2, -0.15) is 0 Å². The predicted molar refractivity (Wildman–Crippen MR) is 97.7 cm³/mol. The molecule has 0 aromatic heterocycles. The number of hydrogen-bond acceptors (Lipinski definition) is 5. The topological polar surface area (TPSA) is 108 Å². The molecular formula is C19H28N2O5. The zero-order chi connectivity index (χ0) is 20.1. The van der Waals surface area contributed by atoms with Gasteiger partial charge in [0.15, 0.2) is 12.2 Å². The molecule has 0 bridgehead atoms. The Kier molecular flexibility index (Phi) is 7.18. The number of carbonyl (C=O) groups is 3. The summed E-state index contributed by atoms with van der Waals surface area (Å²) in [6.45, 7) is 11.2. The highest BCUT2D eigenvalue weighted by molar-refractivity contribution is 5.96. The highest BCUT2D eigenvalue weighted by atomic mass is 16.6. The molecule has 26 heavy (non-hydrogen) atoms. The smallest absolute Gasteiger partial charge is 0.347 e. The molecule has 144 valence electrons. The molecule has 0 unspecified atom stereocenters. The van der Waals surface area contributed by atoms with Gasteiger partial charge in [-0.25, -0.2) is 9.59 Å². The predicted octanol–water partition coefficient (Wildman–Crippen LogP) is 2.51. The van der Waals surface area contributed by atoms with Crippen LogP contribution in [0.25, 0.3) is 0 Å². The quantitative estimate of drug-likeness (QED) is 0.754. The number of esters is 1. The van der Waals surface area contributed by atoms with Gasteiger partial charge in [-0.3, -0.25) is 10.1 Å². The van der Waals surface area contributed by atoms with Crippen molar-refractivity contribution < 1.29 is 23.9 Å². The third-order valence-electron chi connectivity index (χ3n) is 3.72. The van der Waals surface area contributed by atoms with E-state index < -0.39 is 30.1 Å². The summed E-state index contributed by atoms with van der Waals surface area (Å²) >= 11 is 0. The fraction of sp³-hybridized carbons (Fsp3) is 0.526. The Morgan fingerprint density at radius 1 is 1.04 bits per heavy atom. The number of ether oxygens (including phenoxy) is 2. The minimum atomic E-state index is -1.13. The van der Waals surface area contributed by atoms with Gasteiger partial charge in [-0.15, -0.1) is 0 Å². The van der Waals surface area contributed by atoms with Crippen molar-refractivity contribution in [1.82, 2.24) is 5.32 Å².